The first-order valence-electron chi connectivity index (χ1n) is 16.2. The van der Waals surface area contributed by atoms with Crippen molar-refractivity contribution in [3.8, 4) is 50.5 Å². The number of nitrogens with one attached hydrogen (secondary N) is 1. The van der Waals surface area contributed by atoms with Crippen LogP contribution in [0.15, 0.2) is 60.0 Å². The van der Waals surface area contributed by atoms with Crippen molar-refractivity contribution in [2.24, 2.45) is 0 Å². The van der Waals surface area contributed by atoms with E-state index in [0.717, 1.165) is 72.6 Å². The van der Waals surface area contributed by atoms with Gasteiger partial charge in [-0.1, -0.05) is 64.1 Å². The van der Waals surface area contributed by atoms with Gasteiger partial charge in [-0.05, 0) is 68.8 Å². The molecule has 2 unspecified atom stereocenters. The summed E-state index contributed by atoms with van der Waals surface area (Å²) in [7, 11) is 3.15. The lowest BCUT2D eigenvalue weighted by Crippen LogP contribution is -2.57. The summed E-state index contributed by atoms with van der Waals surface area (Å²) in [5.41, 5.74) is 3.59. The Balaban J connectivity index is 1.47. The molecule has 5 rings (SSSR count). The largest absolute Gasteiger partial charge is 0.493 e. The highest BCUT2D eigenvalue weighted by molar-refractivity contribution is 7.13. The molecule has 3 heterocycles. The van der Waals surface area contributed by atoms with Gasteiger partial charge in [0.05, 0.1) is 30.5 Å². The molecule has 0 saturated carbocycles. The molecule has 1 aliphatic rings. The summed E-state index contributed by atoms with van der Waals surface area (Å²) in [5.74, 6) is 1.75. The molecular weight excluding hydrogens is 584 g/mol. The number of carbonyl (C=O) groups excluding carboxylic acids is 1. The predicted molar refractivity (Wildman–Crippen MR) is 182 cm³/mol. The van der Waals surface area contributed by atoms with Crippen LogP contribution in [0.25, 0.3) is 33.2 Å². The highest BCUT2D eigenvalue weighted by Gasteiger charge is 2.40. The number of hydrogen-bond donors (Lipinski definition) is 1. The molecule has 1 saturated heterocycles. The molecule has 1 aliphatic heterocycles. The standard InChI is InChI=1S/C36H46N4O4S/c1-7-18-39(10-4)28-22-26(8-2)40(27(9-3)23-28)36(41)44-34-29(42-5)20-25(21-30(34)43-6)35-37-32(24-15-12-11-13-16-24)33(38-35)31-17-14-19-45-31/h11-17,19-21,26-28H,7-10,18,22-23H2,1-6H3,(H,37,38). The van der Waals surface area contributed by atoms with Crippen LogP contribution in [0.3, 0.4) is 0 Å². The molecular formula is C36H46N4O4S. The van der Waals surface area contributed by atoms with Crippen molar-refractivity contribution in [3.05, 3.63) is 60.0 Å². The predicted octanol–water partition coefficient (Wildman–Crippen LogP) is 8.74. The average Bonchev–Trinajstić information content (AvgIpc) is 3.78. The second kappa shape index (κ2) is 15.0. The number of piperidine rings is 1. The monoisotopic (exact) mass is 630 g/mol. The van der Waals surface area contributed by atoms with E-state index >= 15 is 0 Å². The summed E-state index contributed by atoms with van der Waals surface area (Å²) < 4.78 is 17.8. The minimum atomic E-state index is -0.362. The highest BCUT2D eigenvalue weighted by atomic mass is 32.1. The van der Waals surface area contributed by atoms with Crippen LogP contribution in [0.2, 0.25) is 0 Å². The Labute approximate surface area is 271 Å². The van der Waals surface area contributed by atoms with Crippen molar-refractivity contribution in [2.75, 3.05) is 27.3 Å². The molecule has 1 N–H and O–H groups in total. The first-order valence-corrected chi connectivity index (χ1v) is 17.0. The highest BCUT2D eigenvalue weighted by Crippen LogP contribution is 2.43. The Morgan fingerprint density at radius 2 is 1.62 bits per heavy atom. The van der Waals surface area contributed by atoms with Crippen LogP contribution in [-0.2, 0) is 0 Å². The quantitative estimate of drug-likeness (QED) is 0.169. The molecule has 2 atom stereocenters. The van der Waals surface area contributed by atoms with E-state index in [1.807, 2.05) is 41.3 Å². The smallest absolute Gasteiger partial charge is 0.416 e. The van der Waals surface area contributed by atoms with E-state index in [2.05, 4.69) is 61.2 Å². The number of rotatable bonds is 12. The summed E-state index contributed by atoms with van der Waals surface area (Å²) >= 11 is 1.66. The Bertz CT molecular complexity index is 1500. The average molecular weight is 631 g/mol. The first kappa shape index (κ1) is 32.6. The number of carbonyl (C=O) groups is 1. The first-order chi connectivity index (χ1) is 22.0. The number of methoxy groups -OCH3 is 2. The molecule has 1 fully saturated rings. The SMILES string of the molecule is CCCN(CC)C1CC(CC)N(C(=O)Oc2c(OC)cc(-c3nc(-c4ccccc4)c(-c4cccs4)[nH]3)cc2OC)C(CC)C1. The number of hydrogen-bond acceptors (Lipinski definition) is 7. The Kier molecular flexibility index (Phi) is 10.8. The molecule has 0 spiro atoms. The number of imidazole rings is 1. The number of thiophene rings is 1. The topological polar surface area (TPSA) is 79.9 Å². The van der Waals surface area contributed by atoms with Gasteiger partial charge in [-0.15, -0.1) is 11.3 Å². The van der Waals surface area contributed by atoms with Crippen molar-refractivity contribution in [3.63, 3.8) is 0 Å². The molecule has 4 aromatic rings. The summed E-state index contributed by atoms with van der Waals surface area (Å²) in [6.07, 6.45) is 4.39. The van der Waals surface area contributed by atoms with E-state index < -0.39 is 0 Å². The molecule has 2 aromatic carbocycles. The molecule has 9 heteroatoms. The molecule has 2 aromatic heterocycles. The number of aromatic amines is 1. The number of nitrogens with zero attached hydrogens (tertiary/aromatic N) is 3. The number of aromatic nitrogens is 2. The second-order valence-corrected chi connectivity index (χ2v) is 12.5. The molecule has 8 nitrogen and oxygen atoms in total. The zero-order chi connectivity index (χ0) is 31.9. The van der Waals surface area contributed by atoms with E-state index in [4.69, 9.17) is 19.2 Å². The molecule has 45 heavy (non-hydrogen) atoms. The van der Waals surface area contributed by atoms with E-state index in [9.17, 15) is 4.79 Å². The van der Waals surface area contributed by atoms with Crippen molar-refractivity contribution < 1.29 is 19.0 Å². The summed E-state index contributed by atoms with van der Waals surface area (Å²) in [5, 5.41) is 2.06. The van der Waals surface area contributed by atoms with Crippen molar-refractivity contribution in [1.82, 2.24) is 19.8 Å². The van der Waals surface area contributed by atoms with Gasteiger partial charge < -0.3 is 29.0 Å². The van der Waals surface area contributed by atoms with E-state index in [-0.39, 0.29) is 23.9 Å². The van der Waals surface area contributed by atoms with E-state index in [1.54, 1.807) is 25.6 Å². The summed E-state index contributed by atoms with van der Waals surface area (Å²) in [6, 6.07) is 18.6. The maximum Gasteiger partial charge on any atom is 0.416 e. The minimum absolute atomic E-state index is 0.0959. The van der Waals surface area contributed by atoms with E-state index in [1.165, 1.54) is 0 Å². The van der Waals surface area contributed by atoms with Gasteiger partial charge in [0.15, 0.2) is 11.5 Å². The van der Waals surface area contributed by atoms with Gasteiger partial charge in [0, 0.05) is 29.3 Å². The zero-order valence-electron chi connectivity index (χ0n) is 27.3. The number of amides is 1. The van der Waals surface area contributed by atoms with Crippen molar-refractivity contribution >= 4 is 17.4 Å². The fourth-order valence-corrected chi connectivity index (χ4v) is 7.36. The van der Waals surface area contributed by atoms with Gasteiger partial charge in [-0.3, -0.25) is 0 Å². The molecule has 0 aliphatic carbocycles. The van der Waals surface area contributed by atoms with Crippen LogP contribution < -0.4 is 14.2 Å². The lowest BCUT2D eigenvalue weighted by Gasteiger charge is -2.47. The lowest BCUT2D eigenvalue weighted by atomic mass is 9.88. The Hall–Kier alpha value is -3.82. The number of H-pyrrole nitrogens is 1. The normalized spacial score (nSPS) is 18.3. The third kappa shape index (κ3) is 6.89. The van der Waals surface area contributed by atoms with Gasteiger partial charge in [0.25, 0.3) is 0 Å². The number of likely N-dealkylation sites (tertiary alicyclic amines) is 1. The van der Waals surface area contributed by atoms with Crippen molar-refractivity contribution in [2.45, 2.75) is 77.9 Å². The van der Waals surface area contributed by atoms with Crippen LogP contribution in [0.5, 0.6) is 17.2 Å². The third-order valence-electron chi connectivity index (χ3n) is 8.90. The van der Waals surface area contributed by atoms with Crippen LogP contribution in [0, 0.1) is 0 Å². The minimum Gasteiger partial charge on any atom is -0.493 e. The molecule has 1 amide bonds. The van der Waals surface area contributed by atoms with Gasteiger partial charge >= 0.3 is 6.09 Å². The molecule has 240 valence electrons. The van der Waals surface area contributed by atoms with Crippen LogP contribution >= 0.6 is 11.3 Å². The zero-order valence-corrected chi connectivity index (χ0v) is 28.2. The third-order valence-corrected chi connectivity index (χ3v) is 9.79. The fourth-order valence-electron chi connectivity index (χ4n) is 6.63. The molecule has 0 bridgehead atoms. The summed E-state index contributed by atoms with van der Waals surface area (Å²) in [4.78, 5) is 28.2. The number of benzene rings is 2. The van der Waals surface area contributed by atoms with E-state index in [0.29, 0.717) is 23.4 Å². The Morgan fingerprint density at radius 3 is 2.16 bits per heavy atom. The van der Waals surface area contributed by atoms with Crippen LogP contribution in [0.1, 0.15) is 59.8 Å². The van der Waals surface area contributed by atoms with Gasteiger partial charge in [0.2, 0.25) is 5.75 Å². The lowest BCUT2D eigenvalue weighted by molar-refractivity contribution is 0.0273. The van der Waals surface area contributed by atoms with Gasteiger partial charge in [0.1, 0.15) is 5.82 Å². The van der Waals surface area contributed by atoms with Gasteiger partial charge in [-0.2, -0.15) is 0 Å². The van der Waals surface area contributed by atoms with Gasteiger partial charge in [-0.25, -0.2) is 9.78 Å². The Morgan fingerprint density at radius 1 is 0.956 bits per heavy atom. The maximum absolute atomic E-state index is 14.0. The second-order valence-electron chi connectivity index (χ2n) is 11.5. The number of ether oxygens (including phenoxy) is 3. The van der Waals surface area contributed by atoms with Crippen molar-refractivity contribution in [1.29, 1.82) is 0 Å². The summed E-state index contributed by atoms with van der Waals surface area (Å²) in [6.45, 7) is 10.9. The fraction of sp³-hybridized carbons (Fsp3) is 0.444. The molecule has 0 radical (unpaired) electrons. The van der Waals surface area contributed by atoms with Crippen LogP contribution in [0.4, 0.5) is 4.79 Å². The maximum atomic E-state index is 14.0. The van der Waals surface area contributed by atoms with Crippen LogP contribution in [-0.4, -0.2) is 71.3 Å².